The maximum absolute atomic E-state index is 12.6. The van der Waals surface area contributed by atoms with E-state index in [1.54, 1.807) is 31.8 Å². The standard InChI is InChI=1S/C28H28N2O4/c1-5-33-22-10-8-21(9-11-22)25-17-34-28-19(3)27(32-4)23(14-24(25)28)18(2)13-26(31)30-16-20-7-6-12-29-15-20/h6-15,17H,5,16H2,1-4H3,(H,30,31)/b18-13+. The van der Waals surface area contributed by atoms with Crippen LogP contribution < -0.4 is 14.8 Å². The van der Waals surface area contributed by atoms with Crippen molar-refractivity contribution in [3.8, 4) is 22.6 Å². The van der Waals surface area contributed by atoms with Crippen LogP contribution in [0.3, 0.4) is 0 Å². The Morgan fingerprint density at radius 3 is 2.68 bits per heavy atom. The van der Waals surface area contributed by atoms with Gasteiger partial charge in [0.1, 0.15) is 17.1 Å². The van der Waals surface area contributed by atoms with E-state index >= 15 is 0 Å². The van der Waals surface area contributed by atoms with Crippen molar-refractivity contribution < 1.29 is 18.7 Å². The molecule has 0 bridgehead atoms. The van der Waals surface area contributed by atoms with Gasteiger partial charge in [-0.2, -0.15) is 0 Å². The normalized spacial score (nSPS) is 11.5. The van der Waals surface area contributed by atoms with Crippen LogP contribution in [0.25, 0.3) is 27.7 Å². The summed E-state index contributed by atoms with van der Waals surface area (Å²) in [6, 6.07) is 13.7. The maximum atomic E-state index is 12.6. The van der Waals surface area contributed by atoms with Crippen molar-refractivity contribution in [3.05, 3.63) is 83.9 Å². The number of methoxy groups -OCH3 is 1. The lowest BCUT2D eigenvalue weighted by Gasteiger charge is -2.13. The first-order valence-corrected chi connectivity index (χ1v) is 11.2. The zero-order chi connectivity index (χ0) is 24.1. The Bertz CT molecular complexity index is 1320. The lowest BCUT2D eigenvalue weighted by atomic mass is 9.96. The van der Waals surface area contributed by atoms with Gasteiger partial charge in [-0.3, -0.25) is 9.78 Å². The first-order chi connectivity index (χ1) is 16.5. The van der Waals surface area contributed by atoms with E-state index in [-0.39, 0.29) is 5.91 Å². The summed E-state index contributed by atoms with van der Waals surface area (Å²) in [5.74, 6) is 1.34. The van der Waals surface area contributed by atoms with Gasteiger partial charge in [-0.05, 0) is 61.7 Å². The van der Waals surface area contributed by atoms with Crippen LogP contribution in [-0.2, 0) is 11.3 Å². The molecule has 0 aliphatic carbocycles. The van der Waals surface area contributed by atoms with Crippen LogP contribution in [0.5, 0.6) is 11.5 Å². The quantitative estimate of drug-likeness (QED) is 0.333. The minimum atomic E-state index is -0.180. The molecule has 2 heterocycles. The Morgan fingerprint density at radius 2 is 2.00 bits per heavy atom. The number of rotatable bonds is 8. The topological polar surface area (TPSA) is 73.6 Å². The molecule has 4 rings (SSSR count). The van der Waals surface area contributed by atoms with Crippen molar-refractivity contribution in [3.63, 3.8) is 0 Å². The molecule has 0 unspecified atom stereocenters. The van der Waals surface area contributed by atoms with Gasteiger partial charge in [0.25, 0.3) is 0 Å². The molecule has 2 aromatic carbocycles. The Labute approximate surface area is 199 Å². The molecule has 0 aliphatic heterocycles. The fraction of sp³-hybridized carbons (Fsp3) is 0.214. The average molecular weight is 457 g/mol. The second-order valence-electron chi connectivity index (χ2n) is 7.97. The number of carbonyl (C=O) groups excluding carboxylic acids is 1. The fourth-order valence-electron chi connectivity index (χ4n) is 4.01. The lowest BCUT2D eigenvalue weighted by molar-refractivity contribution is -0.116. The molecule has 6 heteroatoms. The molecule has 0 atom stereocenters. The molecule has 34 heavy (non-hydrogen) atoms. The largest absolute Gasteiger partial charge is 0.496 e. The van der Waals surface area contributed by atoms with E-state index in [1.165, 1.54) is 0 Å². The molecule has 0 fully saturated rings. The van der Waals surface area contributed by atoms with Gasteiger partial charge in [0.05, 0.1) is 20.0 Å². The van der Waals surface area contributed by atoms with Crippen LogP contribution >= 0.6 is 0 Å². The minimum absolute atomic E-state index is 0.180. The smallest absolute Gasteiger partial charge is 0.244 e. The molecule has 4 aromatic rings. The van der Waals surface area contributed by atoms with Crippen LogP contribution in [0.4, 0.5) is 0 Å². The van der Waals surface area contributed by atoms with Crippen LogP contribution in [0.2, 0.25) is 0 Å². The van der Waals surface area contributed by atoms with E-state index in [0.717, 1.165) is 50.1 Å². The van der Waals surface area contributed by atoms with Gasteiger partial charge >= 0.3 is 0 Å². The van der Waals surface area contributed by atoms with Gasteiger partial charge < -0.3 is 19.2 Å². The Kier molecular flexibility index (Phi) is 6.97. The molecule has 1 amide bonds. The molecule has 0 radical (unpaired) electrons. The number of hydrogen-bond donors (Lipinski definition) is 1. The Morgan fingerprint density at radius 1 is 1.21 bits per heavy atom. The molecule has 2 aromatic heterocycles. The van der Waals surface area contributed by atoms with E-state index in [0.29, 0.717) is 18.9 Å². The first kappa shape index (κ1) is 23.1. The summed E-state index contributed by atoms with van der Waals surface area (Å²) in [4.78, 5) is 16.7. The van der Waals surface area contributed by atoms with Gasteiger partial charge in [-0.1, -0.05) is 18.2 Å². The van der Waals surface area contributed by atoms with Crippen molar-refractivity contribution in [1.82, 2.24) is 10.3 Å². The number of benzene rings is 2. The number of nitrogens with one attached hydrogen (secondary N) is 1. The van der Waals surface area contributed by atoms with Gasteiger partial charge in [0.15, 0.2) is 0 Å². The predicted molar refractivity (Wildman–Crippen MR) is 134 cm³/mol. The Balaban J connectivity index is 1.68. The third-order valence-electron chi connectivity index (χ3n) is 5.69. The molecule has 0 aliphatic rings. The van der Waals surface area contributed by atoms with Gasteiger partial charge in [-0.25, -0.2) is 0 Å². The van der Waals surface area contributed by atoms with Crippen molar-refractivity contribution in [2.45, 2.75) is 27.3 Å². The van der Waals surface area contributed by atoms with E-state index in [2.05, 4.69) is 10.3 Å². The summed E-state index contributed by atoms with van der Waals surface area (Å²) < 4.78 is 17.2. The number of carbonyl (C=O) groups is 1. The highest BCUT2D eigenvalue weighted by Gasteiger charge is 2.19. The van der Waals surface area contributed by atoms with Crippen LogP contribution in [-0.4, -0.2) is 24.6 Å². The molecular formula is C28H28N2O4. The fourth-order valence-corrected chi connectivity index (χ4v) is 4.01. The summed E-state index contributed by atoms with van der Waals surface area (Å²) in [5.41, 5.74) is 6.22. The monoisotopic (exact) mass is 456 g/mol. The molecular weight excluding hydrogens is 428 g/mol. The summed E-state index contributed by atoms with van der Waals surface area (Å²) in [5, 5.41) is 3.87. The second kappa shape index (κ2) is 10.3. The molecule has 0 saturated heterocycles. The van der Waals surface area contributed by atoms with Gasteiger partial charge in [-0.15, -0.1) is 0 Å². The number of ether oxygens (including phenoxy) is 2. The molecule has 0 spiro atoms. The summed E-state index contributed by atoms with van der Waals surface area (Å²) >= 11 is 0. The second-order valence-corrected chi connectivity index (χ2v) is 7.97. The van der Waals surface area contributed by atoms with Crippen LogP contribution in [0.15, 0.2) is 71.6 Å². The zero-order valence-electron chi connectivity index (χ0n) is 19.8. The summed E-state index contributed by atoms with van der Waals surface area (Å²) in [7, 11) is 1.63. The highest BCUT2D eigenvalue weighted by atomic mass is 16.5. The van der Waals surface area contributed by atoms with E-state index < -0.39 is 0 Å². The van der Waals surface area contributed by atoms with Crippen LogP contribution in [0.1, 0.15) is 30.5 Å². The first-order valence-electron chi connectivity index (χ1n) is 11.2. The number of hydrogen-bond acceptors (Lipinski definition) is 5. The zero-order valence-corrected chi connectivity index (χ0v) is 19.8. The number of pyridine rings is 1. The highest BCUT2D eigenvalue weighted by molar-refractivity contribution is 6.01. The Hall–Kier alpha value is -4.06. The number of fused-ring (bicyclic) bond motifs is 1. The summed E-state index contributed by atoms with van der Waals surface area (Å²) in [6.45, 7) is 6.87. The lowest BCUT2D eigenvalue weighted by Crippen LogP contribution is -2.20. The molecule has 6 nitrogen and oxygen atoms in total. The summed E-state index contributed by atoms with van der Waals surface area (Å²) in [6.07, 6.45) is 6.79. The van der Waals surface area contributed by atoms with Crippen molar-refractivity contribution in [2.75, 3.05) is 13.7 Å². The van der Waals surface area contributed by atoms with Gasteiger partial charge in [0, 0.05) is 47.1 Å². The third-order valence-corrected chi connectivity index (χ3v) is 5.69. The van der Waals surface area contributed by atoms with E-state index in [1.807, 2.05) is 63.2 Å². The SMILES string of the molecule is CCOc1ccc(-c2coc3c(C)c(OC)c(/C(C)=C/C(=O)NCc4cccnc4)cc23)cc1. The maximum Gasteiger partial charge on any atom is 0.244 e. The number of amides is 1. The number of aromatic nitrogens is 1. The number of nitrogens with zero attached hydrogens (tertiary/aromatic N) is 1. The van der Waals surface area contributed by atoms with E-state index in [4.69, 9.17) is 13.9 Å². The van der Waals surface area contributed by atoms with Crippen molar-refractivity contribution in [2.24, 2.45) is 0 Å². The number of furan rings is 1. The van der Waals surface area contributed by atoms with Crippen molar-refractivity contribution >= 4 is 22.4 Å². The highest BCUT2D eigenvalue weighted by Crippen LogP contribution is 2.40. The molecule has 1 N–H and O–H groups in total. The van der Waals surface area contributed by atoms with E-state index in [9.17, 15) is 4.79 Å². The molecule has 0 saturated carbocycles. The predicted octanol–water partition coefficient (Wildman–Crippen LogP) is 5.93. The average Bonchev–Trinajstić information content (AvgIpc) is 3.28. The number of aryl methyl sites for hydroxylation is 1. The van der Waals surface area contributed by atoms with Crippen LogP contribution in [0, 0.1) is 6.92 Å². The minimum Gasteiger partial charge on any atom is -0.496 e. The third kappa shape index (κ3) is 4.81. The van der Waals surface area contributed by atoms with Crippen molar-refractivity contribution in [1.29, 1.82) is 0 Å². The molecule has 174 valence electrons. The van der Waals surface area contributed by atoms with Gasteiger partial charge in [0.2, 0.25) is 5.91 Å². The number of allylic oxidation sites excluding steroid dienone is 1.